The Morgan fingerprint density at radius 3 is 2.50 bits per heavy atom. The van der Waals surface area contributed by atoms with Gasteiger partial charge in [-0.15, -0.1) is 0 Å². The third-order valence-electron chi connectivity index (χ3n) is 2.80. The molecule has 2 aromatic carbocycles. The second kappa shape index (κ2) is 6.45. The fourth-order valence-corrected chi connectivity index (χ4v) is 1.95. The highest BCUT2D eigenvalue weighted by Crippen LogP contribution is 2.15. The van der Waals surface area contributed by atoms with Crippen molar-refractivity contribution in [1.29, 1.82) is 0 Å². The molecule has 0 bridgehead atoms. The van der Waals surface area contributed by atoms with Crippen molar-refractivity contribution in [3.8, 4) is 0 Å². The molecule has 20 heavy (non-hydrogen) atoms. The van der Waals surface area contributed by atoms with Gasteiger partial charge in [0, 0.05) is 11.4 Å². The van der Waals surface area contributed by atoms with Crippen LogP contribution in [0.1, 0.15) is 11.1 Å². The summed E-state index contributed by atoms with van der Waals surface area (Å²) >= 11 is 5.17. The second-order valence-electron chi connectivity index (χ2n) is 4.40. The van der Waals surface area contributed by atoms with Crippen molar-refractivity contribution in [3.63, 3.8) is 0 Å². The standard InChI is InChI=1S/C15H15FN2OS/c1-10-5-6-13(8-14(10)16)18-15(20)17-12-4-2-3-11(7-12)9-19/h2-8,19H,9H2,1H3,(H2,17,18,20). The van der Waals surface area contributed by atoms with Crippen LogP contribution in [-0.2, 0) is 6.61 Å². The van der Waals surface area contributed by atoms with E-state index in [1.165, 1.54) is 6.07 Å². The number of aliphatic hydroxyl groups is 1. The summed E-state index contributed by atoms with van der Waals surface area (Å²) < 4.78 is 13.4. The van der Waals surface area contributed by atoms with Gasteiger partial charge >= 0.3 is 0 Å². The van der Waals surface area contributed by atoms with Gasteiger partial charge < -0.3 is 15.7 Å². The lowest BCUT2D eigenvalue weighted by atomic mass is 10.2. The summed E-state index contributed by atoms with van der Waals surface area (Å²) in [7, 11) is 0. The molecule has 0 atom stereocenters. The molecule has 3 N–H and O–H groups in total. The van der Waals surface area contributed by atoms with Crippen LogP contribution in [0.2, 0.25) is 0 Å². The summed E-state index contributed by atoms with van der Waals surface area (Å²) in [4.78, 5) is 0. The molecule has 104 valence electrons. The molecule has 0 heterocycles. The molecule has 0 saturated heterocycles. The summed E-state index contributed by atoms with van der Waals surface area (Å²) in [5, 5.41) is 15.3. The van der Waals surface area contributed by atoms with E-state index < -0.39 is 0 Å². The average Bonchev–Trinajstić information content (AvgIpc) is 2.43. The van der Waals surface area contributed by atoms with Crippen molar-refractivity contribution >= 4 is 28.7 Å². The van der Waals surface area contributed by atoms with E-state index in [0.29, 0.717) is 16.4 Å². The van der Waals surface area contributed by atoms with Crippen LogP contribution in [0.5, 0.6) is 0 Å². The molecule has 0 aromatic heterocycles. The maximum atomic E-state index is 13.4. The van der Waals surface area contributed by atoms with Gasteiger partial charge in [-0.3, -0.25) is 0 Å². The molecule has 2 rings (SSSR count). The second-order valence-corrected chi connectivity index (χ2v) is 4.81. The molecule has 3 nitrogen and oxygen atoms in total. The molecule has 0 amide bonds. The molecule has 0 fully saturated rings. The molecule has 0 aliphatic carbocycles. The molecular formula is C15H15FN2OS. The first-order chi connectivity index (χ1) is 9.58. The number of hydrogen-bond donors (Lipinski definition) is 3. The number of thiocarbonyl (C=S) groups is 1. The van der Waals surface area contributed by atoms with Gasteiger partial charge in [0.05, 0.1) is 6.61 Å². The third kappa shape index (κ3) is 3.76. The van der Waals surface area contributed by atoms with Crippen molar-refractivity contribution in [2.45, 2.75) is 13.5 Å². The Balaban J connectivity index is 2.03. The third-order valence-corrected chi connectivity index (χ3v) is 3.00. The maximum absolute atomic E-state index is 13.4. The highest BCUT2D eigenvalue weighted by molar-refractivity contribution is 7.80. The molecule has 0 aliphatic heterocycles. The molecule has 0 radical (unpaired) electrons. The van der Waals surface area contributed by atoms with Gasteiger partial charge in [0.2, 0.25) is 0 Å². The van der Waals surface area contributed by atoms with Crippen molar-refractivity contribution in [1.82, 2.24) is 0 Å². The molecular weight excluding hydrogens is 275 g/mol. The number of hydrogen-bond acceptors (Lipinski definition) is 2. The summed E-state index contributed by atoms with van der Waals surface area (Å²) in [6.07, 6.45) is 0. The minimum atomic E-state index is -0.278. The lowest BCUT2D eigenvalue weighted by molar-refractivity contribution is 0.282. The number of nitrogens with one attached hydrogen (secondary N) is 2. The number of benzene rings is 2. The molecule has 0 spiro atoms. The Morgan fingerprint density at radius 1 is 1.15 bits per heavy atom. The van der Waals surface area contributed by atoms with E-state index in [0.717, 1.165) is 11.3 Å². The molecule has 0 aliphatic rings. The minimum absolute atomic E-state index is 0.0289. The SMILES string of the molecule is Cc1ccc(NC(=S)Nc2cccc(CO)c2)cc1F. The molecule has 2 aromatic rings. The highest BCUT2D eigenvalue weighted by atomic mass is 32.1. The smallest absolute Gasteiger partial charge is 0.175 e. The zero-order chi connectivity index (χ0) is 14.5. The first-order valence-electron chi connectivity index (χ1n) is 6.12. The Hall–Kier alpha value is -1.98. The summed E-state index contributed by atoms with van der Waals surface area (Å²) in [5.41, 5.74) is 2.73. The highest BCUT2D eigenvalue weighted by Gasteiger charge is 2.02. The summed E-state index contributed by atoms with van der Waals surface area (Å²) in [5.74, 6) is -0.278. The van der Waals surface area contributed by atoms with Crippen molar-refractivity contribution in [3.05, 3.63) is 59.4 Å². The fourth-order valence-electron chi connectivity index (χ4n) is 1.71. The van der Waals surface area contributed by atoms with E-state index in [1.54, 1.807) is 25.1 Å². The maximum Gasteiger partial charge on any atom is 0.175 e. The van der Waals surface area contributed by atoms with E-state index in [4.69, 9.17) is 17.3 Å². The van der Waals surface area contributed by atoms with Gasteiger partial charge in [-0.05, 0) is 54.5 Å². The Bertz CT molecular complexity index is 631. The molecule has 0 unspecified atom stereocenters. The lowest BCUT2D eigenvalue weighted by Crippen LogP contribution is -2.19. The van der Waals surface area contributed by atoms with Crippen molar-refractivity contribution in [2.75, 3.05) is 10.6 Å². The molecule has 0 saturated carbocycles. The van der Waals surface area contributed by atoms with E-state index in [-0.39, 0.29) is 12.4 Å². The van der Waals surface area contributed by atoms with Crippen LogP contribution in [0, 0.1) is 12.7 Å². The predicted molar refractivity (Wildman–Crippen MR) is 83.3 cm³/mol. The number of rotatable bonds is 3. The van der Waals surface area contributed by atoms with Crippen LogP contribution in [0.4, 0.5) is 15.8 Å². The van der Waals surface area contributed by atoms with Gasteiger partial charge in [-0.2, -0.15) is 0 Å². The Labute approximate surface area is 122 Å². The van der Waals surface area contributed by atoms with Crippen LogP contribution in [0.15, 0.2) is 42.5 Å². The number of halogens is 1. The summed E-state index contributed by atoms with van der Waals surface area (Å²) in [6.45, 7) is 1.68. The zero-order valence-corrected chi connectivity index (χ0v) is 11.8. The van der Waals surface area contributed by atoms with E-state index in [2.05, 4.69) is 10.6 Å². The Kier molecular flexibility index (Phi) is 4.65. The van der Waals surface area contributed by atoms with Crippen molar-refractivity contribution < 1.29 is 9.50 Å². The average molecular weight is 290 g/mol. The predicted octanol–water partition coefficient (Wildman–Crippen LogP) is 3.44. The van der Waals surface area contributed by atoms with Crippen LogP contribution >= 0.6 is 12.2 Å². The van der Waals surface area contributed by atoms with Gasteiger partial charge in [-0.1, -0.05) is 18.2 Å². The monoisotopic (exact) mass is 290 g/mol. The van der Waals surface area contributed by atoms with E-state index >= 15 is 0 Å². The quantitative estimate of drug-likeness (QED) is 0.758. The van der Waals surface area contributed by atoms with Crippen LogP contribution in [-0.4, -0.2) is 10.2 Å². The van der Waals surface area contributed by atoms with Crippen LogP contribution in [0.25, 0.3) is 0 Å². The molecule has 5 heteroatoms. The van der Waals surface area contributed by atoms with Crippen molar-refractivity contribution in [2.24, 2.45) is 0 Å². The van der Waals surface area contributed by atoms with E-state index in [1.807, 2.05) is 18.2 Å². The van der Waals surface area contributed by atoms with Crippen LogP contribution in [0.3, 0.4) is 0 Å². The van der Waals surface area contributed by atoms with Gasteiger partial charge in [-0.25, -0.2) is 4.39 Å². The van der Waals surface area contributed by atoms with E-state index in [9.17, 15) is 4.39 Å². The minimum Gasteiger partial charge on any atom is -0.392 e. The van der Waals surface area contributed by atoms with Crippen LogP contribution < -0.4 is 10.6 Å². The number of aliphatic hydroxyl groups excluding tert-OH is 1. The Morgan fingerprint density at radius 2 is 1.85 bits per heavy atom. The number of aryl methyl sites for hydroxylation is 1. The first-order valence-corrected chi connectivity index (χ1v) is 6.53. The summed E-state index contributed by atoms with van der Waals surface area (Å²) in [6, 6.07) is 12.1. The normalized spacial score (nSPS) is 10.2. The topological polar surface area (TPSA) is 44.3 Å². The van der Waals surface area contributed by atoms with Gasteiger partial charge in [0.25, 0.3) is 0 Å². The van der Waals surface area contributed by atoms with Gasteiger partial charge in [0.15, 0.2) is 5.11 Å². The fraction of sp³-hybridized carbons (Fsp3) is 0.133. The van der Waals surface area contributed by atoms with Gasteiger partial charge in [0.1, 0.15) is 5.82 Å². The number of anilines is 2. The largest absolute Gasteiger partial charge is 0.392 e. The first kappa shape index (κ1) is 14.4. The lowest BCUT2D eigenvalue weighted by Gasteiger charge is -2.11. The zero-order valence-electron chi connectivity index (χ0n) is 11.0.